The summed E-state index contributed by atoms with van der Waals surface area (Å²) in [6, 6.07) is 3.94. The van der Waals surface area contributed by atoms with E-state index in [0.29, 0.717) is 0 Å². The Kier molecular flexibility index (Phi) is 4.63. The topological polar surface area (TPSA) is 52.6 Å². The molecule has 0 unspecified atom stereocenters. The predicted molar refractivity (Wildman–Crippen MR) is 58.5 cm³/mol. The Morgan fingerprint density at radius 3 is 2.59 bits per heavy atom. The molecule has 0 fully saturated rings. The maximum atomic E-state index is 13.4. The number of ketones is 1. The van der Waals surface area contributed by atoms with Gasteiger partial charge in [-0.1, -0.05) is 0 Å². The highest BCUT2D eigenvalue weighted by Gasteiger charge is 2.08. The first kappa shape index (κ1) is 13.2. The lowest BCUT2D eigenvalue weighted by atomic mass is 10.1. The maximum absolute atomic E-state index is 13.4. The number of rotatable bonds is 5. The van der Waals surface area contributed by atoms with Crippen molar-refractivity contribution in [2.75, 3.05) is 13.7 Å². The van der Waals surface area contributed by atoms with Crippen molar-refractivity contribution in [1.29, 1.82) is 0 Å². The van der Waals surface area contributed by atoms with Gasteiger partial charge in [0, 0.05) is 5.56 Å². The molecule has 5 heteroatoms. The summed E-state index contributed by atoms with van der Waals surface area (Å²) in [5.41, 5.74) is 0.280. The van der Waals surface area contributed by atoms with Gasteiger partial charge in [0.2, 0.25) is 0 Å². The average Bonchev–Trinajstić information content (AvgIpc) is 2.30. The minimum atomic E-state index is -0.623. The molecule has 0 aliphatic heterocycles. The van der Waals surface area contributed by atoms with Crippen molar-refractivity contribution in [1.82, 2.24) is 0 Å². The Labute approximate surface area is 98.3 Å². The van der Waals surface area contributed by atoms with Gasteiger partial charge in [0.15, 0.2) is 17.3 Å². The van der Waals surface area contributed by atoms with Gasteiger partial charge < -0.3 is 9.47 Å². The van der Waals surface area contributed by atoms with Crippen molar-refractivity contribution >= 4 is 11.8 Å². The maximum Gasteiger partial charge on any atom is 0.308 e. The van der Waals surface area contributed by atoms with E-state index >= 15 is 0 Å². The second-order valence-electron chi connectivity index (χ2n) is 3.38. The number of halogens is 1. The van der Waals surface area contributed by atoms with Crippen LogP contribution in [0.1, 0.15) is 23.7 Å². The molecule has 17 heavy (non-hydrogen) atoms. The number of Topliss-reactive ketones (excluding diaryl/α,β-unsaturated/α-hetero) is 1. The number of hydrogen-bond acceptors (Lipinski definition) is 4. The Balaban J connectivity index is 2.60. The molecule has 0 aliphatic rings. The number of benzene rings is 1. The summed E-state index contributed by atoms with van der Waals surface area (Å²) in [4.78, 5) is 21.8. The Morgan fingerprint density at radius 2 is 2.06 bits per heavy atom. The minimum absolute atomic E-state index is 0.0129. The van der Waals surface area contributed by atoms with E-state index in [1.54, 1.807) is 0 Å². The third kappa shape index (κ3) is 3.86. The van der Waals surface area contributed by atoms with Crippen LogP contribution in [0.2, 0.25) is 0 Å². The van der Waals surface area contributed by atoms with Crippen LogP contribution in [0.15, 0.2) is 18.2 Å². The van der Waals surface area contributed by atoms with Gasteiger partial charge in [0.05, 0.1) is 20.1 Å². The first-order valence-corrected chi connectivity index (χ1v) is 5.04. The number of carbonyl (C=O) groups is 2. The molecule has 0 saturated carbocycles. The van der Waals surface area contributed by atoms with Crippen LogP contribution in [-0.4, -0.2) is 25.5 Å². The zero-order chi connectivity index (χ0) is 12.8. The van der Waals surface area contributed by atoms with E-state index in [1.807, 2.05) is 0 Å². The van der Waals surface area contributed by atoms with Crippen LogP contribution in [0.25, 0.3) is 0 Å². The Hall–Kier alpha value is -1.91. The molecule has 0 aromatic heterocycles. The van der Waals surface area contributed by atoms with Crippen LogP contribution < -0.4 is 4.74 Å². The molecule has 1 aromatic rings. The summed E-state index contributed by atoms with van der Waals surface area (Å²) in [5, 5.41) is 0. The number of methoxy groups -OCH3 is 1. The SMILES string of the molecule is COC(=O)CCOc1ccc(C(C)=O)cc1F. The highest BCUT2D eigenvalue weighted by molar-refractivity contribution is 5.94. The highest BCUT2D eigenvalue weighted by Crippen LogP contribution is 2.18. The molecule has 0 atom stereocenters. The number of carbonyl (C=O) groups excluding carboxylic acids is 2. The number of hydrogen-bond donors (Lipinski definition) is 0. The summed E-state index contributed by atoms with van der Waals surface area (Å²) >= 11 is 0. The second kappa shape index (κ2) is 5.98. The number of esters is 1. The number of ether oxygens (including phenoxy) is 2. The molecule has 0 bridgehead atoms. The van der Waals surface area contributed by atoms with E-state index < -0.39 is 11.8 Å². The van der Waals surface area contributed by atoms with Gasteiger partial charge in [0.25, 0.3) is 0 Å². The summed E-state index contributed by atoms with van der Waals surface area (Å²) < 4.78 is 22.9. The van der Waals surface area contributed by atoms with Crippen LogP contribution >= 0.6 is 0 Å². The van der Waals surface area contributed by atoms with Gasteiger partial charge in [-0.05, 0) is 25.1 Å². The lowest BCUT2D eigenvalue weighted by molar-refractivity contribution is -0.141. The first-order chi connectivity index (χ1) is 8.04. The van der Waals surface area contributed by atoms with Crippen molar-refractivity contribution in [2.24, 2.45) is 0 Å². The molecule has 0 saturated heterocycles. The van der Waals surface area contributed by atoms with Crippen LogP contribution in [0.3, 0.4) is 0 Å². The average molecular weight is 240 g/mol. The zero-order valence-electron chi connectivity index (χ0n) is 9.66. The van der Waals surface area contributed by atoms with E-state index in [2.05, 4.69) is 4.74 Å². The standard InChI is InChI=1S/C12H13FO4/c1-8(14)9-3-4-11(10(13)7-9)17-6-5-12(15)16-2/h3-4,7H,5-6H2,1-2H3. The predicted octanol–water partition coefficient (Wildman–Crippen LogP) is 1.97. The van der Waals surface area contributed by atoms with E-state index in [-0.39, 0.29) is 30.1 Å². The van der Waals surface area contributed by atoms with Gasteiger partial charge in [-0.2, -0.15) is 0 Å². The van der Waals surface area contributed by atoms with Crippen LogP contribution in [0, 0.1) is 5.82 Å². The fourth-order valence-electron chi connectivity index (χ4n) is 1.18. The van der Waals surface area contributed by atoms with Gasteiger partial charge in [-0.3, -0.25) is 9.59 Å². The minimum Gasteiger partial charge on any atom is -0.490 e. The molecule has 1 aromatic carbocycles. The molecule has 0 aliphatic carbocycles. The zero-order valence-corrected chi connectivity index (χ0v) is 9.66. The molecule has 0 spiro atoms. The molecule has 0 heterocycles. The molecular weight excluding hydrogens is 227 g/mol. The van der Waals surface area contributed by atoms with E-state index in [0.717, 1.165) is 6.07 Å². The fourth-order valence-corrected chi connectivity index (χ4v) is 1.18. The highest BCUT2D eigenvalue weighted by atomic mass is 19.1. The molecule has 0 radical (unpaired) electrons. The fraction of sp³-hybridized carbons (Fsp3) is 0.333. The molecule has 4 nitrogen and oxygen atoms in total. The Bertz CT molecular complexity index is 429. The molecule has 0 amide bonds. The van der Waals surface area contributed by atoms with Crippen molar-refractivity contribution in [2.45, 2.75) is 13.3 Å². The third-order valence-corrected chi connectivity index (χ3v) is 2.13. The monoisotopic (exact) mass is 240 g/mol. The summed E-state index contributed by atoms with van der Waals surface area (Å²) in [6.07, 6.45) is 0.0460. The van der Waals surface area contributed by atoms with Gasteiger partial charge in [-0.15, -0.1) is 0 Å². The molecule has 0 N–H and O–H groups in total. The lowest BCUT2D eigenvalue weighted by Gasteiger charge is -2.07. The first-order valence-electron chi connectivity index (χ1n) is 5.04. The summed E-state index contributed by atoms with van der Waals surface area (Å²) in [7, 11) is 1.27. The smallest absolute Gasteiger partial charge is 0.308 e. The quantitative estimate of drug-likeness (QED) is 0.583. The molecular formula is C12H13FO4. The summed E-state index contributed by atoms with van der Waals surface area (Å²) in [6.45, 7) is 1.38. The van der Waals surface area contributed by atoms with Crippen LogP contribution in [0.4, 0.5) is 4.39 Å². The van der Waals surface area contributed by atoms with Crippen LogP contribution in [0.5, 0.6) is 5.75 Å². The second-order valence-corrected chi connectivity index (χ2v) is 3.38. The van der Waals surface area contributed by atoms with E-state index in [9.17, 15) is 14.0 Å². The summed E-state index contributed by atoms with van der Waals surface area (Å²) in [5.74, 6) is -1.25. The van der Waals surface area contributed by atoms with Gasteiger partial charge in [-0.25, -0.2) is 4.39 Å². The van der Waals surface area contributed by atoms with E-state index in [4.69, 9.17) is 4.74 Å². The van der Waals surface area contributed by atoms with Crippen molar-refractivity contribution in [3.05, 3.63) is 29.6 Å². The normalized spacial score (nSPS) is 9.82. The molecule has 1 rings (SSSR count). The van der Waals surface area contributed by atoms with Crippen LogP contribution in [-0.2, 0) is 9.53 Å². The van der Waals surface area contributed by atoms with Crippen molar-refractivity contribution in [3.63, 3.8) is 0 Å². The largest absolute Gasteiger partial charge is 0.490 e. The Morgan fingerprint density at radius 1 is 1.35 bits per heavy atom. The van der Waals surface area contributed by atoms with E-state index in [1.165, 1.54) is 26.2 Å². The van der Waals surface area contributed by atoms with Crippen molar-refractivity contribution in [3.8, 4) is 5.75 Å². The lowest BCUT2D eigenvalue weighted by Crippen LogP contribution is -2.08. The molecule has 92 valence electrons. The van der Waals surface area contributed by atoms with Gasteiger partial charge in [0.1, 0.15) is 0 Å². The van der Waals surface area contributed by atoms with Gasteiger partial charge >= 0.3 is 5.97 Å². The van der Waals surface area contributed by atoms with Crippen molar-refractivity contribution < 1.29 is 23.5 Å². The third-order valence-electron chi connectivity index (χ3n) is 2.13.